The van der Waals surface area contributed by atoms with Crippen molar-refractivity contribution in [2.45, 2.75) is 31.7 Å². The zero-order valence-corrected chi connectivity index (χ0v) is 14.9. The number of amides is 1. The van der Waals surface area contributed by atoms with E-state index in [9.17, 15) is 9.18 Å². The summed E-state index contributed by atoms with van der Waals surface area (Å²) in [6.07, 6.45) is 5.74. The summed E-state index contributed by atoms with van der Waals surface area (Å²) >= 11 is 0. The van der Waals surface area contributed by atoms with Crippen LogP contribution in [-0.2, 0) is 4.79 Å². The van der Waals surface area contributed by atoms with E-state index in [1.54, 1.807) is 18.2 Å². The molecule has 0 radical (unpaired) electrons. The first-order valence-corrected chi connectivity index (χ1v) is 9.08. The van der Waals surface area contributed by atoms with Gasteiger partial charge in [0, 0.05) is 17.7 Å². The molecule has 0 atom stereocenters. The fourth-order valence-corrected chi connectivity index (χ4v) is 3.96. The molecule has 1 aliphatic carbocycles. The molecule has 6 heteroatoms. The lowest BCUT2D eigenvalue weighted by Gasteiger charge is -2.15. The van der Waals surface area contributed by atoms with Gasteiger partial charge in [-0.15, -0.1) is 0 Å². The first-order valence-electron chi connectivity index (χ1n) is 9.08. The Balaban J connectivity index is 1.90. The molecule has 3 aromatic rings. The van der Waals surface area contributed by atoms with Crippen molar-refractivity contribution in [3.05, 3.63) is 65.5 Å². The fraction of sp³-hybridized carbons (Fsp3) is 0.238. The smallest absolute Gasteiger partial charge is 0.242 e. The van der Waals surface area contributed by atoms with E-state index in [4.69, 9.17) is 11.5 Å². The lowest BCUT2D eigenvalue weighted by molar-refractivity contribution is -0.113. The number of hydrogen-bond acceptors (Lipinski definition) is 3. The number of imidazole rings is 1. The molecule has 1 amide bonds. The molecule has 0 aliphatic heterocycles. The van der Waals surface area contributed by atoms with Crippen LogP contribution < -0.4 is 11.5 Å². The molecule has 0 spiro atoms. The van der Waals surface area contributed by atoms with Crippen LogP contribution in [0.3, 0.4) is 0 Å². The molecule has 4 rings (SSSR count). The van der Waals surface area contributed by atoms with Crippen molar-refractivity contribution in [2.24, 2.45) is 5.73 Å². The van der Waals surface area contributed by atoms with Gasteiger partial charge in [-0.1, -0.05) is 37.1 Å². The van der Waals surface area contributed by atoms with Gasteiger partial charge in [0.15, 0.2) is 0 Å². The van der Waals surface area contributed by atoms with E-state index < -0.39 is 11.7 Å². The molecule has 5 nitrogen and oxygen atoms in total. The maximum atomic E-state index is 14.4. The number of hydrogen-bond donors (Lipinski definition) is 2. The highest BCUT2D eigenvalue weighted by Crippen LogP contribution is 2.36. The number of nitrogen functional groups attached to an aromatic ring is 1. The Hall–Kier alpha value is -3.15. The largest absolute Gasteiger partial charge is 0.369 e. The fourth-order valence-electron chi connectivity index (χ4n) is 3.96. The minimum absolute atomic E-state index is 0.322. The Bertz CT molecular complexity index is 1050. The second-order valence-corrected chi connectivity index (χ2v) is 6.92. The van der Waals surface area contributed by atoms with Crippen LogP contribution in [0.4, 0.5) is 10.3 Å². The van der Waals surface area contributed by atoms with Crippen molar-refractivity contribution in [3.8, 4) is 0 Å². The van der Waals surface area contributed by atoms with Crippen LogP contribution in [-0.4, -0.2) is 15.5 Å². The van der Waals surface area contributed by atoms with Gasteiger partial charge in [-0.2, -0.15) is 0 Å². The van der Waals surface area contributed by atoms with Crippen LogP contribution in [0.25, 0.3) is 16.6 Å². The van der Waals surface area contributed by atoms with E-state index in [0.717, 1.165) is 23.9 Å². The van der Waals surface area contributed by atoms with Gasteiger partial charge in [-0.05, 0) is 42.2 Å². The predicted molar refractivity (Wildman–Crippen MR) is 104 cm³/mol. The summed E-state index contributed by atoms with van der Waals surface area (Å²) in [5.41, 5.74) is 14.7. The number of carbonyl (C=O) groups is 1. The molecular formula is C21H21FN4O. The zero-order valence-electron chi connectivity index (χ0n) is 14.9. The molecule has 0 unspecified atom stereocenters. The van der Waals surface area contributed by atoms with E-state index >= 15 is 0 Å². The van der Waals surface area contributed by atoms with Crippen LogP contribution in [0, 0.1) is 5.82 Å². The normalized spacial score (nSPS) is 15.5. The minimum atomic E-state index is -0.628. The Morgan fingerprint density at radius 3 is 2.63 bits per heavy atom. The summed E-state index contributed by atoms with van der Waals surface area (Å²) in [6.45, 7) is 0. The number of benzene rings is 2. The van der Waals surface area contributed by atoms with E-state index in [-0.39, 0.29) is 0 Å². The van der Waals surface area contributed by atoms with Crippen LogP contribution in [0.1, 0.15) is 42.9 Å². The van der Waals surface area contributed by atoms with Crippen molar-refractivity contribution >= 4 is 28.5 Å². The molecule has 138 valence electrons. The molecule has 4 N–H and O–H groups in total. The number of anilines is 1. The Kier molecular flexibility index (Phi) is 4.39. The highest BCUT2D eigenvalue weighted by Gasteiger charge is 2.22. The second kappa shape index (κ2) is 6.87. The number of fused-ring (bicyclic) bond motifs is 1. The highest BCUT2D eigenvalue weighted by atomic mass is 19.1. The van der Waals surface area contributed by atoms with Crippen molar-refractivity contribution in [3.63, 3.8) is 0 Å². The summed E-state index contributed by atoms with van der Waals surface area (Å²) < 4.78 is 16.5. The number of aromatic nitrogens is 2. The number of nitrogens with zero attached hydrogens (tertiary/aromatic N) is 2. The first-order chi connectivity index (χ1) is 13.0. The molecule has 1 heterocycles. The molecule has 2 aromatic carbocycles. The van der Waals surface area contributed by atoms with Crippen molar-refractivity contribution < 1.29 is 9.18 Å². The molecule has 0 saturated heterocycles. The summed E-state index contributed by atoms with van der Waals surface area (Å²) in [5.74, 6) is -0.550. The highest BCUT2D eigenvalue weighted by molar-refractivity contribution is 5.99. The molecule has 27 heavy (non-hydrogen) atoms. The monoisotopic (exact) mass is 364 g/mol. The van der Waals surface area contributed by atoms with Crippen molar-refractivity contribution in [1.29, 1.82) is 0 Å². The van der Waals surface area contributed by atoms with Gasteiger partial charge in [-0.25, -0.2) is 9.37 Å². The quantitative estimate of drug-likeness (QED) is 0.691. The molecule has 1 aromatic heterocycles. The van der Waals surface area contributed by atoms with E-state index in [1.165, 1.54) is 25.0 Å². The summed E-state index contributed by atoms with van der Waals surface area (Å²) in [4.78, 5) is 16.1. The predicted octanol–water partition coefficient (Wildman–Crippen LogP) is 3.79. The SMILES string of the molecule is NC(=O)/C=C(/c1ccc2nc(N)n(C3CCCC3)c2c1)c1ccccc1F. The number of halogens is 1. The van der Waals surface area contributed by atoms with Gasteiger partial charge in [0.05, 0.1) is 11.0 Å². The van der Waals surface area contributed by atoms with Crippen molar-refractivity contribution in [1.82, 2.24) is 9.55 Å². The van der Waals surface area contributed by atoms with Gasteiger partial charge >= 0.3 is 0 Å². The van der Waals surface area contributed by atoms with Crippen LogP contribution in [0.15, 0.2) is 48.5 Å². The molecule has 1 aliphatic rings. The van der Waals surface area contributed by atoms with Crippen molar-refractivity contribution in [2.75, 3.05) is 5.73 Å². The molecule has 1 fully saturated rings. The third-order valence-electron chi connectivity index (χ3n) is 5.17. The average Bonchev–Trinajstić information content (AvgIpc) is 3.26. The number of primary amides is 1. The topological polar surface area (TPSA) is 86.9 Å². The Morgan fingerprint density at radius 2 is 1.93 bits per heavy atom. The first kappa shape index (κ1) is 17.3. The Labute approximate surface area is 156 Å². The summed E-state index contributed by atoms with van der Waals surface area (Å²) in [5, 5.41) is 0. The lowest BCUT2D eigenvalue weighted by atomic mass is 9.96. The van der Waals surface area contributed by atoms with Gasteiger partial charge < -0.3 is 16.0 Å². The second-order valence-electron chi connectivity index (χ2n) is 6.92. The van der Waals surface area contributed by atoms with E-state index in [2.05, 4.69) is 9.55 Å². The number of rotatable bonds is 4. The number of carbonyl (C=O) groups excluding carboxylic acids is 1. The van der Waals surface area contributed by atoms with Crippen LogP contribution in [0.5, 0.6) is 0 Å². The zero-order chi connectivity index (χ0) is 19.0. The average molecular weight is 364 g/mol. The van der Waals surface area contributed by atoms with Gasteiger partial charge in [0.2, 0.25) is 11.9 Å². The lowest BCUT2D eigenvalue weighted by Crippen LogP contribution is -2.09. The maximum absolute atomic E-state index is 14.4. The molecule has 1 saturated carbocycles. The standard InChI is InChI=1S/C21H21FN4O/c22-17-8-4-3-7-15(17)16(12-20(23)27)13-9-10-18-19(11-13)26(21(24)25-18)14-5-1-2-6-14/h3-4,7-12,14H,1-2,5-6H2,(H2,23,27)(H2,24,25)/b16-12-. The maximum Gasteiger partial charge on any atom is 0.242 e. The number of nitrogens with two attached hydrogens (primary N) is 2. The van der Waals surface area contributed by atoms with Gasteiger partial charge in [0.1, 0.15) is 5.82 Å². The van der Waals surface area contributed by atoms with Crippen LogP contribution in [0.2, 0.25) is 0 Å². The Morgan fingerprint density at radius 1 is 1.19 bits per heavy atom. The summed E-state index contributed by atoms with van der Waals surface area (Å²) in [6, 6.07) is 12.2. The van der Waals surface area contributed by atoms with E-state index in [0.29, 0.717) is 28.7 Å². The minimum Gasteiger partial charge on any atom is -0.369 e. The molecule has 0 bridgehead atoms. The third kappa shape index (κ3) is 3.18. The summed E-state index contributed by atoms with van der Waals surface area (Å²) in [7, 11) is 0. The van der Waals surface area contributed by atoms with Gasteiger partial charge in [-0.3, -0.25) is 4.79 Å². The van der Waals surface area contributed by atoms with Crippen LogP contribution >= 0.6 is 0 Å². The van der Waals surface area contributed by atoms with E-state index in [1.807, 2.05) is 18.2 Å². The third-order valence-corrected chi connectivity index (χ3v) is 5.17. The molecular weight excluding hydrogens is 343 g/mol. The van der Waals surface area contributed by atoms with Gasteiger partial charge in [0.25, 0.3) is 0 Å².